The molecule has 2 aliphatic heterocycles. The van der Waals surface area contributed by atoms with E-state index in [4.69, 9.17) is 9.37 Å². The van der Waals surface area contributed by atoms with Gasteiger partial charge in [0.25, 0.3) is 5.91 Å². The quantitative estimate of drug-likeness (QED) is 0.745. The van der Waals surface area contributed by atoms with E-state index in [2.05, 4.69) is 17.2 Å². The van der Waals surface area contributed by atoms with Gasteiger partial charge in [-0.1, -0.05) is 22.4 Å². The first-order chi connectivity index (χ1) is 14.9. The van der Waals surface area contributed by atoms with Crippen LogP contribution in [0.25, 0.3) is 0 Å². The summed E-state index contributed by atoms with van der Waals surface area (Å²) in [7, 11) is 0. The summed E-state index contributed by atoms with van der Waals surface area (Å²) in [6.45, 7) is 7.21. The Morgan fingerprint density at radius 3 is 2.74 bits per heavy atom. The van der Waals surface area contributed by atoms with Crippen molar-refractivity contribution >= 4 is 11.8 Å². The van der Waals surface area contributed by atoms with Crippen LogP contribution in [-0.4, -0.2) is 56.6 Å². The van der Waals surface area contributed by atoms with Gasteiger partial charge < -0.3 is 14.5 Å². The second-order valence-electron chi connectivity index (χ2n) is 8.72. The second kappa shape index (κ2) is 8.69. The molecule has 2 aromatic rings. The Morgan fingerprint density at radius 2 is 2.00 bits per heavy atom. The van der Waals surface area contributed by atoms with E-state index in [0.29, 0.717) is 29.2 Å². The van der Waals surface area contributed by atoms with Crippen LogP contribution in [0.1, 0.15) is 67.7 Å². The third-order valence-corrected chi connectivity index (χ3v) is 6.77. The number of likely N-dealkylation sites (tertiary alicyclic amines) is 2. The largest absolute Gasteiger partial charge is 0.486 e. The summed E-state index contributed by atoms with van der Waals surface area (Å²) in [6, 6.07) is 7.30. The topological polar surface area (TPSA) is 88.8 Å². The van der Waals surface area contributed by atoms with Crippen LogP contribution in [0.4, 0.5) is 0 Å². The zero-order valence-corrected chi connectivity index (χ0v) is 18.5. The smallest absolute Gasteiger partial charge is 0.257 e. The van der Waals surface area contributed by atoms with E-state index in [-0.39, 0.29) is 30.0 Å². The number of carbonyl (C=O) groups is 2. The third kappa shape index (κ3) is 4.03. The van der Waals surface area contributed by atoms with E-state index in [9.17, 15) is 9.59 Å². The molecule has 0 aliphatic carbocycles. The molecule has 0 N–H and O–H groups in total. The molecule has 8 nitrogen and oxygen atoms in total. The zero-order chi connectivity index (χ0) is 22.0. The highest BCUT2D eigenvalue weighted by molar-refractivity contribution is 5.97. The molecule has 4 rings (SSSR count). The molecule has 1 aromatic carbocycles. The Morgan fingerprint density at radius 1 is 1.19 bits per heavy atom. The summed E-state index contributed by atoms with van der Waals surface area (Å²) < 4.78 is 10.7. The van der Waals surface area contributed by atoms with Crippen molar-refractivity contribution in [3.05, 3.63) is 41.2 Å². The van der Waals surface area contributed by atoms with Crippen LogP contribution in [0.3, 0.4) is 0 Å². The van der Waals surface area contributed by atoms with E-state index >= 15 is 0 Å². The molecular weight excluding hydrogens is 396 g/mol. The molecule has 0 unspecified atom stereocenters. The lowest BCUT2D eigenvalue weighted by Gasteiger charge is -2.52. The van der Waals surface area contributed by atoms with Crippen LogP contribution in [0, 0.1) is 6.92 Å². The van der Waals surface area contributed by atoms with Crippen LogP contribution in [-0.2, 0) is 11.4 Å². The number of aryl methyl sites for hydroxylation is 1. The number of ether oxygens (including phenoxy) is 1. The molecule has 2 fully saturated rings. The average molecular weight is 427 g/mol. The van der Waals surface area contributed by atoms with Gasteiger partial charge in [-0.25, -0.2) is 4.63 Å². The summed E-state index contributed by atoms with van der Waals surface area (Å²) in [5.41, 5.74) is 1.46. The predicted molar refractivity (Wildman–Crippen MR) is 114 cm³/mol. The van der Waals surface area contributed by atoms with Gasteiger partial charge in [0.15, 0.2) is 0 Å². The first-order valence-electron chi connectivity index (χ1n) is 11.0. The highest BCUT2D eigenvalue weighted by Gasteiger charge is 2.48. The molecule has 2 atom stereocenters. The van der Waals surface area contributed by atoms with E-state index < -0.39 is 0 Å². The van der Waals surface area contributed by atoms with Gasteiger partial charge in [-0.05, 0) is 58.1 Å². The summed E-state index contributed by atoms with van der Waals surface area (Å²) in [5.74, 6) is 0.551. The van der Waals surface area contributed by atoms with Gasteiger partial charge in [0.05, 0.1) is 17.1 Å². The van der Waals surface area contributed by atoms with Gasteiger partial charge in [-0.2, -0.15) is 0 Å². The van der Waals surface area contributed by atoms with Crippen molar-refractivity contribution < 1.29 is 19.0 Å². The van der Waals surface area contributed by atoms with Crippen LogP contribution < -0.4 is 4.74 Å². The van der Waals surface area contributed by atoms with Gasteiger partial charge in [0, 0.05) is 20.0 Å². The van der Waals surface area contributed by atoms with Crippen molar-refractivity contribution in [2.45, 2.75) is 71.1 Å². The summed E-state index contributed by atoms with van der Waals surface area (Å²) in [4.78, 5) is 30.1. The maximum absolute atomic E-state index is 13.7. The van der Waals surface area contributed by atoms with Gasteiger partial charge in [0.1, 0.15) is 23.7 Å². The lowest BCUT2D eigenvalue weighted by molar-refractivity contribution is -0.138. The normalized spacial score (nSPS) is 23.8. The molecule has 0 radical (unpaired) electrons. The minimum absolute atomic E-state index is 0.00445. The van der Waals surface area contributed by atoms with Crippen LogP contribution in [0.15, 0.2) is 28.9 Å². The van der Waals surface area contributed by atoms with Gasteiger partial charge in [0.2, 0.25) is 5.91 Å². The molecule has 0 saturated carbocycles. The number of hydrogen-bond donors (Lipinski definition) is 0. The lowest BCUT2D eigenvalue weighted by Crippen LogP contribution is -2.64. The first kappa shape index (κ1) is 21.3. The Balaban J connectivity index is 1.60. The highest BCUT2D eigenvalue weighted by atomic mass is 16.6. The molecule has 1 aromatic heterocycles. The summed E-state index contributed by atoms with van der Waals surface area (Å²) in [6.07, 6.45) is 4.66. The van der Waals surface area contributed by atoms with E-state index in [1.807, 2.05) is 21.9 Å². The minimum atomic E-state index is -0.338. The number of carbonyl (C=O) groups excluding carboxylic acids is 2. The van der Waals surface area contributed by atoms with Crippen LogP contribution in [0.2, 0.25) is 0 Å². The highest BCUT2D eigenvalue weighted by Crippen LogP contribution is 2.39. The standard InChI is InChI=1S/C23H30N4O4/c1-16-19(25-31-24-16)15-30-20-10-5-4-9-18(20)22(29)26-13-8-12-23(3)21(26)11-6-7-14-27(23)17(2)28/h4-5,9-10,21H,6-8,11-15H2,1-3H3/t21-,23-/m0/s1. The molecular formula is C23H30N4O4. The molecule has 3 heterocycles. The minimum Gasteiger partial charge on any atom is -0.486 e. The maximum Gasteiger partial charge on any atom is 0.257 e. The molecule has 31 heavy (non-hydrogen) atoms. The van der Waals surface area contributed by atoms with E-state index in [0.717, 1.165) is 38.6 Å². The number of para-hydroxylation sites is 1. The van der Waals surface area contributed by atoms with Crippen LogP contribution in [0.5, 0.6) is 5.75 Å². The van der Waals surface area contributed by atoms with Crippen molar-refractivity contribution in [1.82, 2.24) is 20.1 Å². The molecule has 2 amide bonds. The average Bonchev–Trinajstić information content (AvgIpc) is 3.07. The molecule has 166 valence electrons. The number of amides is 2. The van der Waals surface area contributed by atoms with Crippen molar-refractivity contribution in [3.8, 4) is 5.75 Å². The monoisotopic (exact) mass is 426 g/mol. The molecule has 0 spiro atoms. The Kier molecular flexibility index (Phi) is 5.98. The number of rotatable bonds is 4. The van der Waals surface area contributed by atoms with Gasteiger partial charge >= 0.3 is 0 Å². The van der Waals surface area contributed by atoms with Crippen molar-refractivity contribution in [2.24, 2.45) is 0 Å². The van der Waals surface area contributed by atoms with Crippen molar-refractivity contribution in [3.63, 3.8) is 0 Å². The number of fused-ring (bicyclic) bond motifs is 1. The summed E-state index contributed by atoms with van der Waals surface area (Å²) in [5, 5.41) is 7.62. The number of nitrogens with zero attached hydrogens (tertiary/aromatic N) is 4. The fourth-order valence-electron chi connectivity index (χ4n) is 5.12. The first-order valence-corrected chi connectivity index (χ1v) is 11.0. The number of aromatic nitrogens is 2. The second-order valence-corrected chi connectivity index (χ2v) is 8.72. The Labute approximate surface area is 182 Å². The van der Waals surface area contributed by atoms with Crippen LogP contribution >= 0.6 is 0 Å². The van der Waals surface area contributed by atoms with Crippen molar-refractivity contribution in [1.29, 1.82) is 0 Å². The molecule has 0 bridgehead atoms. The molecule has 2 aliphatic rings. The maximum atomic E-state index is 13.7. The molecule has 8 heteroatoms. The number of piperidine rings is 1. The molecule has 2 saturated heterocycles. The Hall–Kier alpha value is -2.90. The third-order valence-electron chi connectivity index (χ3n) is 6.77. The number of benzene rings is 1. The fraction of sp³-hybridized carbons (Fsp3) is 0.565. The predicted octanol–water partition coefficient (Wildman–Crippen LogP) is 3.35. The lowest BCUT2D eigenvalue weighted by atomic mass is 9.79. The van der Waals surface area contributed by atoms with E-state index in [1.54, 1.807) is 26.0 Å². The van der Waals surface area contributed by atoms with E-state index in [1.165, 1.54) is 0 Å². The Bertz CT molecular complexity index is 959. The van der Waals surface area contributed by atoms with Crippen molar-refractivity contribution in [2.75, 3.05) is 13.1 Å². The summed E-state index contributed by atoms with van der Waals surface area (Å²) >= 11 is 0. The SMILES string of the molecule is CC(=O)N1CCCC[C@@H]2N(C(=O)c3ccccc3OCc3nonc3C)CCC[C@@]21C. The fourth-order valence-corrected chi connectivity index (χ4v) is 5.12. The van der Waals surface area contributed by atoms with Gasteiger partial charge in [-0.15, -0.1) is 0 Å². The number of hydrogen-bond acceptors (Lipinski definition) is 6. The van der Waals surface area contributed by atoms with Gasteiger partial charge in [-0.3, -0.25) is 9.59 Å². The zero-order valence-electron chi connectivity index (χ0n) is 18.5.